The maximum absolute atomic E-state index is 11.8. The topological polar surface area (TPSA) is 63.2 Å². The summed E-state index contributed by atoms with van der Waals surface area (Å²) in [5.74, 6) is 0.403. The van der Waals surface area contributed by atoms with E-state index in [0.717, 1.165) is 5.56 Å². The third-order valence-electron chi connectivity index (χ3n) is 2.43. The van der Waals surface area contributed by atoms with Crippen LogP contribution in [-0.2, 0) is 9.59 Å². The first-order chi connectivity index (χ1) is 8.06. The SMILES string of the molecule is CC(=O)SC1CC(=O)N(c2ncc(C)cn2)C1. The van der Waals surface area contributed by atoms with E-state index < -0.39 is 0 Å². The molecular weight excluding hydrogens is 238 g/mol. The van der Waals surface area contributed by atoms with Gasteiger partial charge in [-0.1, -0.05) is 11.8 Å². The lowest BCUT2D eigenvalue weighted by Gasteiger charge is -2.13. The summed E-state index contributed by atoms with van der Waals surface area (Å²) in [6.45, 7) is 3.91. The Morgan fingerprint density at radius 1 is 1.47 bits per heavy atom. The van der Waals surface area contributed by atoms with E-state index in [0.29, 0.717) is 18.9 Å². The molecular formula is C11H13N3O2S. The van der Waals surface area contributed by atoms with Gasteiger partial charge in [-0.15, -0.1) is 0 Å². The number of carbonyl (C=O) groups is 2. The van der Waals surface area contributed by atoms with Gasteiger partial charge in [0.25, 0.3) is 0 Å². The van der Waals surface area contributed by atoms with Crippen LogP contribution in [0.4, 0.5) is 5.95 Å². The highest BCUT2D eigenvalue weighted by Gasteiger charge is 2.33. The van der Waals surface area contributed by atoms with Crippen LogP contribution in [0.25, 0.3) is 0 Å². The number of aryl methyl sites for hydroxylation is 1. The Kier molecular flexibility index (Phi) is 3.42. The fourth-order valence-corrected chi connectivity index (χ4v) is 2.63. The summed E-state index contributed by atoms with van der Waals surface area (Å²) in [7, 11) is 0. The molecule has 90 valence electrons. The molecule has 1 aliphatic heterocycles. The van der Waals surface area contributed by atoms with Crippen molar-refractivity contribution in [3.63, 3.8) is 0 Å². The maximum atomic E-state index is 11.8. The van der Waals surface area contributed by atoms with Gasteiger partial charge in [-0.3, -0.25) is 14.5 Å². The van der Waals surface area contributed by atoms with E-state index >= 15 is 0 Å². The van der Waals surface area contributed by atoms with Crippen LogP contribution in [0.15, 0.2) is 12.4 Å². The van der Waals surface area contributed by atoms with Gasteiger partial charge < -0.3 is 0 Å². The highest BCUT2D eigenvalue weighted by atomic mass is 32.2. The molecule has 0 bridgehead atoms. The molecule has 0 spiro atoms. The van der Waals surface area contributed by atoms with Crippen LogP contribution in [0.2, 0.25) is 0 Å². The molecule has 0 saturated carbocycles. The van der Waals surface area contributed by atoms with Crippen molar-refractivity contribution in [2.75, 3.05) is 11.4 Å². The van der Waals surface area contributed by atoms with Gasteiger partial charge in [0.1, 0.15) is 0 Å². The fourth-order valence-electron chi connectivity index (χ4n) is 1.71. The minimum atomic E-state index is -0.0207. The molecule has 0 aromatic carbocycles. The van der Waals surface area contributed by atoms with Crippen LogP contribution in [0.5, 0.6) is 0 Å². The molecule has 1 aliphatic rings. The summed E-state index contributed by atoms with van der Waals surface area (Å²) < 4.78 is 0. The Morgan fingerprint density at radius 3 is 2.71 bits per heavy atom. The van der Waals surface area contributed by atoms with E-state index in [1.165, 1.54) is 18.7 Å². The number of thioether (sulfide) groups is 1. The van der Waals surface area contributed by atoms with Gasteiger partial charge in [0.05, 0.1) is 0 Å². The van der Waals surface area contributed by atoms with Gasteiger partial charge in [-0.2, -0.15) is 0 Å². The van der Waals surface area contributed by atoms with Crippen LogP contribution >= 0.6 is 11.8 Å². The molecule has 1 unspecified atom stereocenters. The van der Waals surface area contributed by atoms with Crippen molar-refractivity contribution in [3.05, 3.63) is 18.0 Å². The number of amides is 1. The number of aromatic nitrogens is 2. The van der Waals surface area contributed by atoms with E-state index in [1.807, 2.05) is 6.92 Å². The normalized spacial score (nSPS) is 19.8. The molecule has 0 aliphatic carbocycles. The Bertz CT molecular complexity index is 447. The number of nitrogens with zero attached hydrogens (tertiary/aromatic N) is 3. The largest absolute Gasteiger partial charge is 0.288 e. The Labute approximate surface area is 104 Å². The summed E-state index contributed by atoms with van der Waals surface area (Å²) in [5, 5.41) is 0.0550. The Hall–Kier alpha value is -1.43. The molecule has 1 amide bonds. The number of hydrogen-bond acceptors (Lipinski definition) is 5. The Balaban J connectivity index is 2.10. The molecule has 1 aromatic heterocycles. The monoisotopic (exact) mass is 251 g/mol. The van der Waals surface area contributed by atoms with Crippen molar-refractivity contribution >= 4 is 28.7 Å². The summed E-state index contributed by atoms with van der Waals surface area (Å²) in [4.78, 5) is 32.6. The van der Waals surface area contributed by atoms with Crippen molar-refractivity contribution in [1.82, 2.24) is 9.97 Å². The molecule has 1 aromatic rings. The number of rotatable bonds is 2. The van der Waals surface area contributed by atoms with E-state index in [4.69, 9.17) is 0 Å². The third kappa shape index (κ3) is 2.82. The lowest BCUT2D eigenvalue weighted by Crippen LogP contribution is -2.26. The molecule has 1 fully saturated rings. The van der Waals surface area contributed by atoms with Crippen LogP contribution in [0, 0.1) is 6.92 Å². The van der Waals surface area contributed by atoms with Crippen molar-refractivity contribution in [1.29, 1.82) is 0 Å². The van der Waals surface area contributed by atoms with Gasteiger partial charge in [0.15, 0.2) is 5.12 Å². The summed E-state index contributed by atoms with van der Waals surface area (Å²) >= 11 is 1.21. The van der Waals surface area contributed by atoms with Crippen LogP contribution < -0.4 is 4.90 Å². The molecule has 1 atom stereocenters. The standard InChI is InChI=1S/C11H13N3O2S/c1-7-4-12-11(13-5-7)14-6-9(3-10(14)16)17-8(2)15/h4-5,9H,3,6H2,1-2H3. The lowest BCUT2D eigenvalue weighted by molar-refractivity contribution is -0.117. The zero-order valence-corrected chi connectivity index (χ0v) is 10.5. The summed E-state index contributed by atoms with van der Waals surface area (Å²) in [6.07, 6.45) is 3.74. The van der Waals surface area contributed by atoms with E-state index in [2.05, 4.69) is 9.97 Å². The average Bonchev–Trinajstić information content (AvgIpc) is 2.59. The average molecular weight is 251 g/mol. The summed E-state index contributed by atoms with van der Waals surface area (Å²) in [5.41, 5.74) is 0.954. The van der Waals surface area contributed by atoms with Crippen molar-refractivity contribution < 1.29 is 9.59 Å². The van der Waals surface area contributed by atoms with Crippen LogP contribution in [0.3, 0.4) is 0 Å². The van der Waals surface area contributed by atoms with Crippen molar-refractivity contribution in [3.8, 4) is 0 Å². The van der Waals surface area contributed by atoms with Gasteiger partial charge in [-0.05, 0) is 12.5 Å². The van der Waals surface area contributed by atoms with Crippen LogP contribution in [-0.4, -0.2) is 32.8 Å². The molecule has 0 radical (unpaired) electrons. The van der Waals surface area contributed by atoms with Crippen molar-refractivity contribution in [2.24, 2.45) is 0 Å². The maximum Gasteiger partial charge on any atom is 0.232 e. The molecule has 1 saturated heterocycles. The first kappa shape index (κ1) is 12.0. The second kappa shape index (κ2) is 4.83. The number of hydrogen-bond donors (Lipinski definition) is 0. The van der Waals surface area contributed by atoms with Crippen LogP contribution in [0.1, 0.15) is 18.9 Å². The van der Waals surface area contributed by atoms with Gasteiger partial charge >= 0.3 is 0 Å². The highest BCUT2D eigenvalue weighted by Crippen LogP contribution is 2.26. The zero-order valence-electron chi connectivity index (χ0n) is 9.71. The smallest absolute Gasteiger partial charge is 0.232 e. The van der Waals surface area contributed by atoms with E-state index in [1.54, 1.807) is 17.3 Å². The second-order valence-electron chi connectivity index (χ2n) is 4.00. The predicted molar refractivity (Wildman–Crippen MR) is 65.8 cm³/mol. The molecule has 2 heterocycles. The predicted octanol–water partition coefficient (Wildman–Crippen LogP) is 1.17. The quantitative estimate of drug-likeness (QED) is 0.789. The second-order valence-corrected chi connectivity index (χ2v) is 5.48. The fraction of sp³-hybridized carbons (Fsp3) is 0.455. The summed E-state index contributed by atoms with van der Waals surface area (Å²) in [6, 6.07) is 0. The number of anilines is 1. The first-order valence-corrected chi connectivity index (χ1v) is 6.20. The minimum Gasteiger partial charge on any atom is -0.288 e. The zero-order chi connectivity index (χ0) is 12.4. The molecule has 17 heavy (non-hydrogen) atoms. The minimum absolute atomic E-state index is 0.0184. The van der Waals surface area contributed by atoms with E-state index in [-0.39, 0.29) is 16.3 Å². The van der Waals surface area contributed by atoms with E-state index in [9.17, 15) is 9.59 Å². The lowest BCUT2D eigenvalue weighted by atomic mass is 10.4. The first-order valence-electron chi connectivity index (χ1n) is 5.32. The molecule has 6 heteroatoms. The van der Waals surface area contributed by atoms with Gasteiger partial charge in [0.2, 0.25) is 11.9 Å². The Morgan fingerprint density at radius 2 is 2.12 bits per heavy atom. The van der Waals surface area contributed by atoms with Gasteiger partial charge in [-0.25, -0.2) is 9.97 Å². The molecule has 2 rings (SSSR count). The number of carbonyl (C=O) groups excluding carboxylic acids is 2. The highest BCUT2D eigenvalue weighted by molar-refractivity contribution is 8.14. The van der Waals surface area contributed by atoms with Gasteiger partial charge in [0, 0.05) is 37.5 Å². The van der Waals surface area contributed by atoms with Crippen molar-refractivity contribution in [2.45, 2.75) is 25.5 Å². The molecule has 5 nitrogen and oxygen atoms in total. The third-order valence-corrected chi connectivity index (χ3v) is 3.41. The molecule has 0 N–H and O–H groups in total.